The van der Waals surface area contributed by atoms with E-state index in [4.69, 9.17) is 0 Å². The third-order valence-electron chi connectivity index (χ3n) is 4.21. The highest BCUT2D eigenvalue weighted by molar-refractivity contribution is 5.83. The fourth-order valence-corrected chi connectivity index (χ4v) is 2.91. The topological polar surface area (TPSA) is 49.3 Å². The average Bonchev–Trinajstić information content (AvgIpc) is 2.63. The minimum Gasteiger partial charge on any atom is -0.338 e. The third-order valence-corrected chi connectivity index (χ3v) is 4.21. The number of carbonyl (C=O) groups excluding carboxylic acids is 1. The molecule has 0 aliphatic rings. The van der Waals surface area contributed by atoms with Crippen LogP contribution in [-0.4, -0.2) is 46.8 Å². The minimum atomic E-state index is -0.492. The normalized spacial score (nSPS) is 12.3. The SMILES string of the molecule is CN(Cc1cnc2ccccc2n1)C(=O)C(c1ccc(F)cc1)N(C)C. The molecule has 26 heavy (non-hydrogen) atoms. The lowest BCUT2D eigenvalue weighted by molar-refractivity contribution is -0.135. The molecule has 3 rings (SSSR count). The molecule has 1 unspecified atom stereocenters. The van der Waals surface area contributed by atoms with Crippen molar-refractivity contribution in [2.24, 2.45) is 0 Å². The van der Waals surface area contributed by atoms with Gasteiger partial charge in [0.2, 0.25) is 5.91 Å². The summed E-state index contributed by atoms with van der Waals surface area (Å²) in [4.78, 5) is 25.4. The second-order valence-corrected chi connectivity index (χ2v) is 6.46. The molecule has 6 heteroatoms. The summed E-state index contributed by atoms with van der Waals surface area (Å²) in [6, 6.07) is 13.1. The van der Waals surface area contributed by atoms with Gasteiger partial charge in [-0.15, -0.1) is 0 Å². The van der Waals surface area contributed by atoms with Crippen LogP contribution in [0.2, 0.25) is 0 Å². The fraction of sp³-hybridized carbons (Fsp3) is 0.250. The number of rotatable bonds is 5. The molecule has 1 aromatic heterocycles. The predicted octanol–water partition coefficient (Wildman–Crippen LogP) is 3.03. The van der Waals surface area contributed by atoms with Crippen molar-refractivity contribution in [1.82, 2.24) is 19.8 Å². The van der Waals surface area contributed by atoms with Gasteiger partial charge in [-0.25, -0.2) is 9.37 Å². The summed E-state index contributed by atoms with van der Waals surface area (Å²) in [7, 11) is 5.39. The quantitative estimate of drug-likeness (QED) is 0.708. The molecule has 0 saturated carbocycles. The highest BCUT2D eigenvalue weighted by atomic mass is 19.1. The number of hydrogen-bond donors (Lipinski definition) is 0. The number of hydrogen-bond acceptors (Lipinski definition) is 4. The van der Waals surface area contributed by atoms with Crippen LogP contribution in [0, 0.1) is 5.82 Å². The molecule has 0 saturated heterocycles. The first-order valence-corrected chi connectivity index (χ1v) is 8.33. The van der Waals surface area contributed by atoms with Gasteiger partial charge in [0, 0.05) is 7.05 Å². The Kier molecular flexibility index (Phi) is 5.23. The van der Waals surface area contributed by atoms with Crippen LogP contribution in [0.5, 0.6) is 0 Å². The van der Waals surface area contributed by atoms with Crippen LogP contribution in [-0.2, 0) is 11.3 Å². The second kappa shape index (κ2) is 7.58. The van der Waals surface area contributed by atoms with E-state index < -0.39 is 6.04 Å². The summed E-state index contributed by atoms with van der Waals surface area (Å²) >= 11 is 0. The van der Waals surface area contributed by atoms with Gasteiger partial charge in [0.15, 0.2) is 0 Å². The van der Waals surface area contributed by atoms with Crippen LogP contribution in [0.3, 0.4) is 0 Å². The Hall–Kier alpha value is -2.86. The Morgan fingerprint density at radius 2 is 1.69 bits per heavy atom. The summed E-state index contributed by atoms with van der Waals surface area (Å²) in [5, 5.41) is 0. The van der Waals surface area contributed by atoms with E-state index in [2.05, 4.69) is 9.97 Å². The van der Waals surface area contributed by atoms with Gasteiger partial charge in [-0.1, -0.05) is 24.3 Å². The maximum Gasteiger partial charge on any atom is 0.244 e. The van der Waals surface area contributed by atoms with E-state index in [9.17, 15) is 9.18 Å². The molecule has 2 aromatic carbocycles. The van der Waals surface area contributed by atoms with E-state index in [1.54, 1.807) is 30.3 Å². The molecule has 3 aromatic rings. The Morgan fingerprint density at radius 1 is 1.04 bits per heavy atom. The molecule has 0 bridgehead atoms. The van der Waals surface area contributed by atoms with Crippen LogP contribution in [0.1, 0.15) is 17.3 Å². The van der Waals surface area contributed by atoms with Crippen LogP contribution < -0.4 is 0 Å². The maximum atomic E-state index is 13.2. The van der Waals surface area contributed by atoms with Gasteiger partial charge in [-0.2, -0.15) is 0 Å². The summed E-state index contributed by atoms with van der Waals surface area (Å²) in [5.41, 5.74) is 3.09. The summed E-state index contributed by atoms with van der Waals surface area (Å²) < 4.78 is 13.2. The molecule has 0 spiro atoms. The third kappa shape index (κ3) is 3.86. The van der Waals surface area contributed by atoms with Crippen molar-refractivity contribution in [1.29, 1.82) is 0 Å². The smallest absolute Gasteiger partial charge is 0.244 e. The van der Waals surface area contributed by atoms with E-state index in [1.807, 2.05) is 43.3 Å². The Labute approximate surface area is 152 Å². The van der Waals surface area contributed by atoms with Gasteiger partial charge in [-0.3, -0.25) is 14.7 Å². The van der Waals surface area contributed by atoms with Crippen molar-refractivity contribution >= 4 is 16.9 Å². The van der Waals surface area contributed by atoms with Gasteiger partial charge in [0.25, 0.3) is 0 Å². The number of halogens is 1. The molecule has 5 nitrogen and oxygen atoms in total. The van der Waals surface area contributed by atoms with Gasteiger partial charge < -0.3 is 4.90 Å². The highest BCUT2D eigenvalue weighted by Crippen LogP contribution is 2.22. The summed E-state index contributed by atoms with van der Waals surface area (Å²) in [6.45, 7) is 0.349. The van der Waals surface area contributed by atoms with Crippen molar-refractivity contribution < 1.29 is 9.18 Å². The average molecular weight is 352 g/mol. The monoisotopic (exact) mass is 352 g/mol. The van der Waals surface area contributed by atoms with Crippen LogP contribution in [0.15, 0.2) is 54.7 Å². The molecule has 134 valence electrons. The fourth-order valence-electron chi connectivity index (χ4n) is 2.91. The second-order valence-electron chi connectivity index (χ2n) is 6.46. The van der Waals surface area contributed by atoms with E-state index >= 15 is 0 Å². The molecular formula is C20H21FN4O. The number of para-hydroxylation sites is 2. The van der Waals surface area contributed by atoms with Gasteiger partial charge in [-0.05, 0) is 43.9 Å². The first-order valence-electron chi connectivity index (χ1n) is 8.33. The zero-order chi connectivity index (χ0) is 18.7. The number of nitrogens with zero attached hydrogens (tertiary/aromatic N) is 4. The Morgan fingerprint density at radius 3 is 2.35 bits per heavy atom. The van der Waals surface area contributed by atoms with E-state index in [1.165, 1.54) is 12.1 Å². The van der Waals surface area contributed by atoms with Gasteiger partial charge in [0.05, 0.1) is 29.5 Å². The van der Waals surface area contributed by atoms with Crippen molar-refractivity contribution in [3.8, 4) is 0 Å². The van der Waals surface area contributed by atoms with Crippen molar-refractivity contribution in [3.63, 3.8) is 0 Å². The molecule has 0 N–H and O–H groups in total. The van der Waals surface area contributed by atoms with Crippen molar-refractivity contribution in [2.75, 3.05) is 21.1 Å². The van der Waals surface area contributed by atoms with Gasteiger partial charge >= 0.3 is 0 Å². The van der Waals surface area contributed by atoms with Crippen LogP contribution >= 0.6 is 0 Å². The molecular weight excluding hydrogens is 331 g/mol. The molecule has 1 atom stereocenters. The van der Waals surface area contributed by atoms with E-state index in [0.717, 1.165) is 22.3 Å². The van der Waals surface area contributed by atoms with E-state index in [0.29, 0.717) is 6.54 Å². The van der Waals surface area contributed by atoms with Crippen molar-refractivity contribution in [3.05, 3.63) is 71.8 Å². The minimum absolute atomic E-state index is 0.0865. The molecule has 1 amide bonds. The first-order chi connectivity index (χ1) is 12.5. The zero-order valence-electron chi connectivity index (χ0n) is 15.1. The largest absolute Gasteiger partial charge is 0.338 e. The lowest BCUT2D eigenvalue weighted by Crippen LogP contribution is -2.38. The molecule has 1 heterocycles. The Balaban J connectivity index is 1.80. The molecule has 0 radical (unpaired) electrons. The Bertz CT molecular complexity index is 911. The number of amides is 1. The lowest BCUT2D eigenvalue weighted by Gasteiger charge is -2.28. The number of likely N-dealkylation sites (N-methyl/N-ethyl adjacent to an activating group) is 2. The van der Waals surface area contributed by atoms with Crippen molar-refractivity contribution in [2.45, 2.75) is 12.6 Å². The standard InChI is InChI=1S/C20H21FN4O/c1-24(2)19(14-8-10-15(21)11-9-14)20(26)25(3)13-16-12-22-17-6-4-5-7-18(17)23-16/h4-12,19H,13H2,1-3H3. The van der Waals surface area contributed by atoms with Gasteiger partial charge in [0.1, 0.15) is 11.9 Å². The highest BCUT2D eigenvalue weighted by Gasteiger charge is 2.26. The van der Waals surface area contributed by atoms with E-state index in [-0.39, 0.29) is 11.7 Å². The van der Waals surface area contributed by atoms with Crippen LogP contribution in [0.25, 0.3) is 11.0 Å². The molecule has 0 fully saturated rings. The number of fused-ring (bicyclic) bond motifs is 1. The number of aromatic nitrogens is 2. The maximum absolute atomic E-state index is 13.2. The first kappa shape index (κ1) is 17.9. The molecule has 0 aliphatic carbocycles. The summed E-state index contributed by atoms with van der Waals surface area (Å²) in [6.07, 6.45) is 1.69. The number of benzene rings is 2. The summed E-state index contributed by atoms with van der Waals surface area (Å²) in [5.74, 6) is -0.407. The molecule has 0 aliphatic heterocycles. The number of carbonyl (C=O) groups is 1. The zero-order valence-corrected chi connectivity index (χ0v) is 15.1. The van der Waals surface area contributed by atoms with Crippen LogP contribution in [0.4, 0.5) is 4.39 Å². The predicted molar refractivity (Wildman–Crippen MR) is 98.8 cm³/mol. The lowest BCUT2D eigenvalue weighted by atomic mass is 10.0.